The molecule has 0 bridgehead atoms. The standard InChI is InChI=1S/C18H20ClNO2/c1-4-14-6-5-7-16(10-14)22-13(3)18(21)20-15-9-8-12(2)17(19)11-15/h5-11,13H,4H2,1-3H3,(H,20,21). The van der Waals surface area contributed by atoms with Gasteiger partial charge >= 0.3 is 0 Å². The fraction of sp³-hybridized carbons (Fsp3) is 0.278. The number of hydrogen-bond donors (Lipinski definition) is 1. The van der Waals surface area contributed by atoms with E-state index < -0.39 is 6.10 Å². The minimum absolute atomic E-state index is 0.207. The van der Waals surface area contributed by atoms with E-state index in [2.05, 4.69) is 12.2 Å². The normalized spacial score (nSPS) is 11.8. The van der Waals surface area contributed by atoms with Crippen molar-refractivity contribution in [2.45, 2.75) is 33.3 Å². The van der Waals surface area contributed by atoms with Gasteiger partial charge in [-0.2, -0.15) is 0 Å². The molecule has 0 spiro atoms. The van der Waals surface area contributed by atoms with Crippen molar-refractivity contribution < 1.29 is 9.53 Å². The highest BCUT2D eigenvalue weighted by molar-refractivity contribution is 6.31. The predicted molar refractivity (Wildman–Crippen MR) is 90.7 cm³/mol. The number of halogens is 1. The monoisotopic (exact) mass is 317 g/mol. The Labute approximate surface area is 136 Å². The minimum Gasteiger partial charge on any atom is -0.481 e. The second kappa shape index (κ2) is 7.32. The van der Waals surface area contributed by atoms with Crippen LogP contribution in [0.3, 0.4) is 0 Å². The van der Waals surface area contributed by atoms with Crippen molar-refractivity contribution in [2.24, 2.45) is 0 Å². The van der Waals surface area contributed by atoms with E-state index in [0.29, 0.717) is 16.5 Å². The summed E-state index contributed by atoms with van der Waals surface area (Å²) in [5.41, 5.74) is 2.81. The maximum atomic E-state index is 12.2. The third kappa shape index (κ3) is 4.25. The van der Waals surface area contributed by atoms with Gasteiger partial charge in [0, 0.05) is 10.7 Å². The second-order valence-electron chi connectivity index (χ2n) is 5.21. The Morgan fingerprint density at radius 2 is 2.05 bits per heavy atom. The molecule has 0 aliphatic heterocycles. The molecule has 3 nitrogen and oxygen atoms in total. The summed E-state index contributed by atoms with van der Waals surface area (Å²) >= 11 is 6.06. The number of hydrogen-bond acceptors (Lipinski definition) is 2. The Morgan fingerprint density at radius 3 is 2.73 bits per heavy atom. The van der Waals surface area contributed by atoms with E-state index in [1.807, 2.05) is 43.3 Å². The first-order valence-corrected chi connectivity index (χ1v) is 7.70. The molecule has 1 unspecified atom stereocenters. The summed E-state index contributed by atoms with van der Waals surface area (Å²) in [6.45, 7) is 5.72. The Balaban J connectivity index is 2.00. The van der Waals surface area contributed by atoms with Crippen LogP contribution < -0.4 is 10.1 Å². The fourth-order valence-corrected chi connectivity index (χ4v) is 2.19. The highest BCUT2D eigenvalue weighted by Crippen LogP contribution is 2.21. The second-order valence-corrected chi connectivity index (χ2v) is 5.62. The molecular weight excluding hydrogens is 298 g/mol. The van der Waals surface area contributed by atoms with E-state index in [-0.39, 0.29) is 5.91 Å². The highest BCUT2D eigenvalue weighted by Gasteiger charge is 2.15. The van der Waals surface area contributed by atoms with Crippen LogP contribution in [-0.4, -0.2) is 12.0 Å². The highest BCUT2D eigenvalue weighted by atomic mass is 35.5. The fourth-order valence-electron chi connectivity index (χ4n) is 2.01. The van der Waals surface area contributed by atoms with Gasteiger partial charge in [-0.15, -0.1) is 0 Å². The Hall–Kier alpha value is -2.00. The predicted octanol–water partition coefficient (Wildman–Crippen LogP) is 4.62. The number of nitrogens with one attached hydrogen (secondary N) is 1. The number of carbonyl (C=O) groups is 1. The third-order valence-corrected chi connectivity index (χ3v) is 3.84. The van der Waals surface area contributed by atoms with Crippen molar-refractivity contribution in [3.8, 4) is 5.75 Å². The van der Waals surface area contributed by atoms with Gasteiger partial charge in [-0.05, 0) is 55.7 Å². The van der Waals surface area contributed by atoms with Crippen LogP contribution in [-0.2, 0) is 11.2 Å². The average molecular weight is 318 g/mol. The summed E-state index contributed by atoms with van der Waals surface area (Å²) in [6, 6.07) is 13.2. The molecule has 2 rings (SSSR count). The topological polar surface area (TPSA) is 38.3 Å². The van der Waals surface area contributed by atoms with E-state index >= 15 is 0 Å². The molecule has 4 heteroatoms. The number of ether oxygens (including phenoxy) is 1. The van der Waals surface area contributed by atoms with E-state index in [0.717, 1.165) is 12.0 Å². The zero-order valence-electron chi connectivity index (χ0n) is 13.0. The first-order chi connectivity index (χ1) is 10.5. The Morgan fingerprint density at radius 1 is 1.27 bits per heavy atom. The van der Waals surface area contributed by atoms with Crippen LogP contribution >= 0.6 is 11.6 Å². The van der Waals surface area contributed by atoms with Gasteiger partial charge in [0.05, 0.1) is 0 Å². The molecule has 1 amide bonds. The molecule has 0 aromatic heterocycles. The third-order valence-electron chi connectivity index (χ3n) is 3.43. The van der Waals surface area contributed by atoms with Crippen molar-refractivity contribution in [1.82, 2.24) is 0 Å². The SMILES string of the molecule is CCc1cccc(OC(C)C(=O)Nc2ccc(C)c(Cl)c2)c1. The molecule has 22 heavy (non-hydrogen) atoms. The lowest BCUT2D eigenvalue weighted by molar-refractivity contribution is -0.122. The van der Waals surface area contributed by atoms with E-state index in [4.69, 9.17) is 16.3 Å². The van der Waals surface area contributed by atoms with Crippen molar-refractivity contribution in [1.29, 1.82) is 0 Å². The first kappa shape index (κ1) is 16.4. The molecule has 0 radical (unpaired) electrons. The zero-order valence-corrected chi connectivity index (χ0v) is 13.8. The van der Waals surface area contributed by atoms with Crippen molar-refractivity contribution in [3.05, 3.63) is 58.6 Å². The molecule has 0 fully saturated rings. The van der Waals surface area contributed by atoms with Crippen molar-refractivity contribution in [3.63, 3.8) is 0 Å². The van der Waals surface area contributed by atoms with Gasteiger partial charge in [-0.25, -0.2) is 0 Å². The van der Waals surface area contributed by atoms with Crippen LogP contribution in [0.1, 0.15) is 25.0 Å². The number of anilines is 1. The largest absolute Gasteiger partial charge is 0.481 e. The molecule has 0 saturated carbocycles. The van der Waals surface area contributed by atoms with Crippen molar-refractivity contribution >= 4 is 23.2 Å². The lowest BCUT2D eigenvalue weighted by Crippen LogP contribution is -2.30. The summed E-state index contributed by atoms with van der Waals surface area (Å²) in [4.78, 5) is 12.2. The van der Waals surface area contributed by atoms with E-state index in [9.17, 15) is 4.79 Å². The molecule has 2 aromatic carbocycles. The van der Waals surface area contributed by atoms with Gasteiger partial charge in [0.15, 0.2) is 6.10 Å². The molecule has 0 aliphatic carbocycles. The maximum Gasteiger partial charge on any atom is 0.265 e. The van der Waals surface area contributed by atoms with Crippen LogP contribution in [0.4, 0.5) is 5.69 Å². The van der Waals surface area contributed by atoms with Crippen molar-refractivity contribution in [2.75, 3.05) is 5.32 Å². The summed E-state index contributed by atoms with van der Waals surface area (Å²) in [6.07, 6.45) is 0.340. The van der Waals surface area contributed by atoms with E-state index in [1.54, 1.807) is 13.0 Å². The van der Waals surface area contributed by atoms with Gasteiger partial charge in [0.2, 0.25) is 0 Å². The van der Waals surface area contributed by atoms with Crippen LogP contribution in [0.2, 0.25) is 5.02 Å². The average Bonchev–Trinajstić information content (AvgIpc) is 2.51. The quantitative estimate of drug-likeness (QED) is 0.874. The maximum absolute atomic E-state index is 12.2. The van der Waals surface area contributed by atoms with E-state index in [1.165, 1.54) is 5.56 Å². The van der Waals surface area contributed by atoms with Gasteiger partial charge in [0.25, 0.3) is 5.91 Å². The number of benzene rings is 2. The molecule has 2 aromatic rings. The smallest absolute Gasteiger partial charge is 0.265 e. The van der Waals surface area contributed by atoms with Crippen LogP contribution in [0, 0.1) is 6.92 Å². The Kier molecular flexibility index (Phi) is 5.45. The molecule has 1 atom stereocenters. The number of rotatable bonds is 5. The molecule has 0 saturated heterocycles. The van der Waals surface area contributed by atoms with Crippen LogP contribution in [0.25, 0.3) is 0 Å². The van der Waals surface area contributed by atoms with Gasteiger partial charge in [0.1, 0.15) is 5.75 Å². The lowest BCUT2D eigenvalue weighted by Gasteiger charge is -2.15. The van der Waals surface area contributed by atoms with Gasteiger partial charge in [-0.1, -0.05) is 36.7 Å². The molecular formula is C18H20ClNO2. The molecule has 1 N–H and O–H groups in total. The summed E-state index contributed by atoms with van der Waals surface area (Å²) in [7, 11) is 0. The Bertz CT molecular complexity index is 670. The minimum atomic E-state index is -0.591. The summed E-state index contributed by atoms with van der Waals surface area (Å²) in [5.74, 6) is 0.491. The van der Waals surface area contributed by atoms with Crippen LogP contribution in [0.15, 0.2) is 42.5 Å². The lowest BCUT2D eigenvalue weighted by atomic mass is 10.2. The number of aryl methyl sites for hydroxylation is 2. The molecule has 0 aliphatic rings. The molecule has 0 heterocycles. The molecule has 116 valence electrons. The summed E-state index contributed by atoms with van der Waals surface area (Å²) in [5, 5.41) is 3.44. The number of amides is 1. The van der Waals surface area contributed by atoms with Crippen LogP contribution in [0.5, 0.6) is 5.75 Å². The zero-order chi connectivity index (χ0) is 16.1. The summed E-state index contributed by atoms with van der Waals surface area (Å²) < 4.78 is 5.70. The number of carbonyl (C=O) groups excluding carboxylic acids is 1. The van der Waals surface area contributed by atoms with Gasteiger partial charge < -0.3 is 10.1 Å². The van der Waals surface area contributed by atoms with Gasteiger partial charge in [-0.3, -0.25) is 4.79 Å². The first-order valence-electron chi connectivity index (χ1n) is 7.32.